The highest BCUT2D eigenvalue weighted by molar-refractivity contribution is 5.35. The van der Waals surface area contributed by atoms with E-state index < -0.39 is 4.92 Å². The van der Waals surface area contributed by atoms with E-state index in [0.717, 1.165) is 6.42 Å². The molecule has 1 aromatic rings. The largest absolute Gasteiger partial charge is 0.492 e. The predicted molar refractivity (Wildman–Crippen MR) is 56.9 cm³/mol. The van der Waals surface area contributed by atoms with Gasteiger partial charge in [-0.05, 0) is 18.6 Å². The van der Waals surface area contributed by atoms with E-state index in [4.69, 9.17) is 10.5 Å². The first kappa shape index (κ1) is 11.5. The Labute approximate surface area is 88.0 Å². The molecule has 0 aromatic heterocycles. The first-order valence-corrected chi connectivity index (χ1v) is 4.76. The van der Waals surface area contributed by atoms with Crippen LogP contribution in [-0.2, 0) is 0 Å². The van der Waals surface area contributed by atoms with Crippen molar-refractivity contribution in [1.82, 2.24) is 0 Å². The Bertz CT molecular complexity index is 324. The fourth-order valence-electron chi connectivity index (χ4n) is 0.985. The Hall–Kier alpha value is -1.62. The standard InChI is InChI=1S/C10H14N2O3/c1-2-8(11)7-15-10-5-3-9(4-6-10)12(13)14/h3-6,8H,2,7,11H2,1H3. The van der Waals surface area contributed by atoms with Crippen LogP contribution in [-0.4, -0.2) is 17.6 Å². The van der Waals surface area contributed by atoms with Crippen LogP contribution in [0, 0.1) is 10.1 Å². The monoisotopic (exact) mass is 210 g/mol. The molecular formula is C10H14N2O3. The second-order valence-electron chi connectivity index (χ2n) is 3.23. The molecular weight excluding hydrogens is 196 g/mol. The number of nitro groups is 1. The average Bonchev–Trinajstić information content (AvgIpc) is 2.26. The fourth-order valence-corrected chi connectivity index (χ4v) is 0.985. The van der Waals surface area contributed by atoms with Crippen molar-refractivity contribution in [1.29, 1.82) is 0 Å². The zero-order valence-corrected chi connectivity index (χ0v) is 8.55. The third-order valence-corrected chi connectivity index (χ3v) is 2.04. The molecule has 0 saturated heterocycles. The van der Waals surface area contributed by atoms with Gasteiger partial charge in [-0.2, -0.15) is 0 Å². The molecule has 1 rings (SSSR count). The fraction of sp³-hybridized carbons (Fsp3) is 0.400. The van der Waals surface area contributed by atoms with Crippen molar-refractivity contribution in [3.05, 3.63) is 34.4 Å². The van der Waals surface area contributed by atoms with E-state index >= 15 is 0 Å². The van der Waals surface area contributed by atoms with Crippen LogP contribution in [0.4, 0.5) is 5.69 Å². The van der Waals surface area contributed by atoms with E-state index in [1.165, 1.54) is 12.1 Å². The summed E-state index contributed by atoms with van der Waals surface area (Å²) in [6, 6.07) is 5.96. The van der Waals surface area contributed by atoms with E-state index in [9.17, 15) is 10.1 Å². The summed E-state index contributed by atoms with van der Waals surface area (Å²) < 4.78 is 5.35. The molecule has 15 heavy (non-hydrogen) atoms. The van der Waals surface area contributed by atoms with Crippen molar-refractivity contribution in [2.24, 2.45) is 5.73 Å². The van der Waals surface area contributed by atoms with E-state index in [1.807, 2.05) is 6.92 Å². The van der Waals surface area contributed by atoms with Gasteiger partial charge in [-0.25, -0.2) is 0 Å². The minimum absolute atomic E-state index is 0.000178. The second-order valence-corrected chi connectivity index (χ2v) is 3.23. The molecule has 5 heteroatoms. The van der Waals surface area contributed by atoms with Gasteiger partial charge in [-0.1, -0.05) is 6.92 Å². The lowest BCUT2D eigenvalue weighted by atomic mass is 10.2. The van der Waals surface area contributed by atoms with Crippen molar-refractivity contribution in [2.75, 3.05) is 6.61 Å². The number of non-ortho nitro benzene ring substituents is 1. The lowest BCUT2D eigenvalue weighted by Crippen LogP contribution is -2.26. The molecule has 0 spiro atoms. The van der Waals surface area contributed by atoms with Crippen LogP contribution in [0.15, 0.2) is 24.3 Å². The summed E-state index contributed by atoms with van der Waals surface area (Å²) in [4.78, 5) is 9.93. The third kappa shape index (κ3) is 3.55. The number of rotatable bonds is 5. The molecule has 0 aliphatic rings. The Morgan fingerprint density at radius 3 is 2.53 bits per heavy atom. The minimum Gasteiger partial charge on any atom is -0.492 e. The summed E-state index contributed by atoms with van der Waals surface area (Å²) in [6.45, 7) is 2.40. The molecule has 0 aliphatic carbocycles. The molecule has 0 amide bonds. The number of hydrogen-bond donors (Lipinski definition) is 1. The van der Waals surface area contributed by atoms with E-state index in [2.05, 4.69) is 0 Å². The normalized spacial score (nSPS) is 12.1. The Kier molecular flexibility index (Phi) is 4.05. The van der Waals surface area contributed by atoms with Gasteiger partial charge in [0.15, 0.2) is 0 Å². The quantitative estimate of drug-likeness (QED) is 0.592. The molecule has 0 bridgehead atoms. The van der Waals surface area contributed by atoms with Gasteiger partial charge in [-0.3, -0.25) is 10.1 Å². The molecule has 82 valence electrons. The first-order valence-electron chi connectivity index (χ1n) is 4.76. The summed E-state index contributed by atoms with van der Waals surface area (Å²) in [7, 11) is 0. The number of ether oxygens (including phenoxy) is 1. The highest BCUT2D eigenvalue weighted by Crippen LogP contribution is 2.17. The SMILES string of the molecule is CCC(N)COc1ccc([N+](=O)[O-])cc1. The van der Waals surface area contributed by atoms with Crippen molar-refractivity contribution in [3.63, 3.8) is 0 Å². The van der Waals surface area contributed by atoms with Crippen LogP contribution in [0.2, 0.25) is 0 Å². The Morgan fingerprint density at radius 1 is 1.47 bits per heavy atom. The van der Waals surface area contributed by atoms with Crippen molar-refractivity contribution in [2.45, 2.75) is 19.4 Å². The van der Waals surface area contributed by atoms with E-state index in [0.29, 0.717) is 12.4 Å². The number of nitrogens with two attached hydrogens (primary N) is 1. The van der Waals surface area contributed by atoms with Gasteiger partial charge < -0.3 is 10.5 Å². The molecule has 1 atom stereocenters. The molecule has 2 N–H and O–H groups in total. The highest BCUT2D eigenvalue weighted by Gasteiger charge is 2.05. The summed E-state index contributed by atoms with van der Waals surface area (Å²) in [6.07, 6.45) is 0.840. The van der Waals surface area contributed by atoms with Crippen molar-refractivity contribution < 1.29 is 9.66 Å². The predicted octanol–water partition coefficient (Wildman–Crippen LogP) is 1.71. The molecule has 5 nitrogen and oxygen atoms in total. The molecule has 0 heterocycles. The summed E-state index contributed by atoms with van der Waals surface area (Å²) >= 11 is 0. The number of hydrogen-bond acceptors (Lipinski definition) is 4. The van der Waals surface area contributed by atoms with Crippen LogP contribution < -0.4 is 10.5 Å². The van der Waals surface area contributed by atoms with Crippen LogP contribution in [0.5, 0.6) is 5.75 Å². The summed E-state index contributed by atoms with van der Waals surface area (Å²) in [5.74, 6) is 0.601. The van der Waals surface area contributed by atoms with Gasteiger partial charge in [0.2, 0.25) is 0 Å². The Balaban J connectivity index is 2.53. The van der Waals surface area contributed by atoms with Crippen LogP contribution in [0.1, 0.15) is 13.3 Å². The summed E-state index contributed by atoms with van der Waals surface area (Å²) in [5.41, 5.74) is 5.72. The topological polar surface area (TPSA) is 78.4 Å². The summed E-state index contributed by atoms with van der Waals surface area (Å²) in [5, 5.41) is 10.4. The molecule has 0 aliphatic heterocycles. The molecule has 1 aromatic carbocycles. The lowest BCUT2D eigenvalue weighted by molar-refractivity contribution is -0.384. The van der Waals surface area contributed by atoms with Crippen molar-refractivity contribution in [3.8, 4) is 5.75 Å². The molecule has 0 fully saturated rings. The van der Waals surface area contributed by atoms with Crippen LogP contribution >= 0.6 is 0 Å². The van der Waals surface area contributed by atoms with Crippen LogP contribution in [0.25, 0.3) is 0 Å². The van der Waals surface area contributed by atoms with Crippen LogP contribution in [0.3, 0.4) is 0 Å². The van der Waals surface area contributed by atoms with Gasteiger partial charge in [-0.15, -0.1) is 0 Å². The molecule has 0 radical (unpaired) electrons. The van der Waals surface area contributed by atoms with E-state index in [1.54, 1.807) is 12.1 Å². The maximum absolute atomic E-state index is 10.4. The zero-order chi connectivity index (χ0) is 11.3. The Morgan fingerprint density at radius 2 is 2.07 bits per heavy atom. The highest BCUT2D eigenvalue weighted by atomic mass is 16.6. The van der Waals surface area contributed by atoms with Gasteiger partial charge in [0.05, 0.1) is 4.92 Å². The number of nitro benzene ring substituents is 1. The molecule has 0 saturated carbocycles. The third-order valence-electron chi connectivity index (χ3n) is 2.04. The maximum Gasteiger partial charge on any atom is 0.269 e. The first-order chi connectivity index (χ1) is 7.13. The number of nitrogens with zero attached hydrogens (tertiary/aromatic N) is 1. The van der Waals surface area contributed by atoms with Gasteiger partial charge in [0.25, 0.3) is 5.69 Å². The van der Waals surface area contributed by atoms with Gasteiger partial charge in [0.1, 0.15) is 12.4 Å². The smallest absolute Gasteiger partial charge is 0.269 e. The minimum atomic E-state index is -0.443. The van der Waals surface area contributed by atoms with Crippen molar-refractivity contribution >= 4 is 5.69 Å². The molecule has 1 unspecified atom stereocenters. The van der Waals surface area contributed by atoms with Gasteiger partial charge in [0, 0.05) is 18.2 Å². The van der Waals surface area contributed by atoms with E-state index in [-0.39, 0.29) is 11.7 Å². The zero-order valence-electron chi connectivity index (χ0n) is 8.55. The number of benzene rings is 1. The lowest BCUT2D eigenvalue weighted by Gasteiger charge is -2.10. The second kappa shape index (κ2) is 5.31. The van der Waals surface area contributed by atoms with Gasteiger partial charge >= 0.3 is 0 Å². The maximum atomic E-state index is 10.4. The average molecular weight is 210 g/mol.